The van der Waals surface area contributed by atoms with E-state index >= 15 is 0 Å². The van der Waals surface area contributed by atoms with Crippen molar-refractivity contribution in [1.82, 2.24) is 9.99 Å². The van der Waals surface area contributed by atoms with E-state index in [4.69, 9.17) is 4.74 Å². The molecular formula is C26H21I2N3O2. The van der Waals surface area contributed by atoms with Crippen molar-refractivity contribution in [2.24, 2.45) is 5.10 Å². The summed E-state index contributed by atoms with van der Waals surface area (Å²) in [5.41, 5.74) is 7.22. The van der Waals surface area contributed by atoms with Gasteiger partial charge in [-0.05, 0) is 99.6 Å². The largest absolute Gasteiger partial charge is 0.487 e. The van der Waals surface area contributed by atoms with E-state index in [9.17, 15) is 4.79 Å². The van der Waals surface area contributed by atoms with Crippen molar-refractivity contribution in [3.63, 3.8) is 0 Å². The monoisotopic (exact) mass is 661 g/mol. The highest BCUT2D eigenvalue weighted by atomic mass is 127. The molecule has 1 N–H and O–H groups in total. The normalized spacial score (nSPS) is 11.0. The summed E-state index contributed by atoms with van der Waals surface area (Å²) < 4.78 is 9.95. The third-order valence-corrected chi connectivity index (χ3v) is 6.50. The van der Waals surface area contributed by atoms with E-state index in [-0.39, 0.29) is 5.91 Å². The number of hydrogen-bond acceptors (Lipinski definition) is 3. The van der Waals surface area contributed by atoms with Crippen LogP contribution in [0.5, 0.6) is 5.75 Å². The van der Waals surface area contributed by atoms with Crippen molar-refractivity contribution in [1.29, 1.82) is 0 Å². The minimum atomic E-state index is -0.266. The smallest absolute Gasteiger partial charge is 0.273 e. The van der Waals surface area contributed by atoms with Crippen LogP contribution in [0, 0.1) is 14.1 Å². The van der Waals surface area contributed by atoms with E-state index in [2.05, 4.69) is 80.8 Å². The molecule has 0 atom stereocenters. The van der Waals surface area contributed by atoms with Crippen LogP contribution in [0.4, 0.5) is 0 Å². The number of ether oxygens (including phenoxy) is 1. The molecule has 33 heavy (non-hydrogen) atoms. The fraction of sp³-hybridized carbons (Fsp3) is 0.0769. The summed E-state index contributed by atoms with van der Waals surface area (Å²) >= 11 is 4.53. The molecule has 0 bridgehead atoms. The topological polar surface area (TPSA) is 55.6 Å². The van der Waals surface area contributed by atoms with Gasteiger partial charge in [-0.1, -0.05) is 42.0 Å². The lowest BCUT2D eigenvalue weighted by Crippen LogP contribution is -2.19. The third-order valence-electron chi connectivity index (χ3n) is 4.90. The molecule has 4 rings (SSSR count). The van der Waals surface area contributed by atoms with Crippen molar-refractivity contribution >= 4 is 57.3 Å². The maximum absolute atomic E-state index is 12.7. The summed E-state index contributed by atoms with van der Waals surface area (Å²) in [5.74, 6) is 0.581. The van der Waals surface area contributed by atoms with Gasteiger partial charge >= 0.3 is 0 Å². The molecule has 166 valence electrons. The molecule has 7 heteroatoms. The van der Waals surface area contributed by atoms with Gasteiger partial charge in [-0.25, -0.2) is 5.43 Å². The number of nitrogens with zero attached hydrogens (tertiary/aromatic N) is 2. The van der Waals surface area contributed by atoms with Gasteiger partial charge in [0.1, 0.15) is 12.4 Å². The van der Waals surface area contributed by atoms with Gasteiger partial charge in [-0.3, -0.25) is 4.79 Å². The average molecular weight is 661 g/mol. The van der Waals surface area contributed by atoms with E-state index in [0.717, 1.165) is 29.7 Å². The second-order valence-electron chi connectivity index (χ2n) is 7.40. The number of hydrogen-bond donors (Lipinski definition) is 1. The minimum absolute atomic E-state index is 0.266. The standard InChI is InChI=1S/C26H21I2N3O2/c1-18-7-6-8-19(13-18)17-33-25-22(27)14-20(15-23(25)28)16-29-30-26(32)21-9-2-3-10-24(21)31-11-4-5-12-31/h2-16H,17H2,1H3,(H,30,32)/b29-16-. The van der Waals surface area contributed by atoms with Crippen molar-refractivity contribution in [2.75, 3.05) is 0 Å². The second kappa shape index (κ2) is 11.0. The number of carbonyl (C=O) groups is 1. The Bertz CT molecular complexity index is 1280. The maximum atomic E-state index is 12.7. The molecule has 0 spiro atoms. The number of hydrazone groups is 1. The number of amides is 1. The van der Waals surface area contributed by atoms with E-state index in [1.807, 2.05) is 65.5 Å². The molecule has 0 aliphatic carbocycles. The lowest BCUT2D eigenvalue weighted by molar-refractivity contribution is 0.0955. The van der Waals surface area contributed by atoms with Crippen LogP contribution >= 0.6 is 45.2 Å². The van der Waals surface area contributed by atoms with Gasteiger partial charge in [0.05, 0.1) is 24.6 Å². The van der Waals surface area contributed by atoms with Crippen molar-refractivity contribution < 1.29 is 9.53 Å². The van der Waals surface area contributed by atoms with E-state index in [0.29, 0.717) is 12.2 Å². The first-order valence-electron chi connectivity index (χ1n) is 10.2. The summed E-state index contributed by atoms with van der Waals surface area (Å²) in [6.45, 7) is 2.58. The zero-order valence-corrected chi connectivity index (χ0v) is 22.1. The molecule has 0 saturated heterocycles. The number of halogens is 2. The molecule has 0 aliphatic rings. The number of rotatable bonds is 7. The summed E-state index contributed by atoms with van der Waals surface area (Å²) in [6.07, 6.45) is 5.45. The van der Waals surface area contributed by atoms with Crippen LogP contribution in [0.25, 0.3) is 5.69 Å². The van der Waals surface area contributed by atoms with Crippen LogP contribution in [0.1, 0.15) is 27.0 Å². The minimum Gasteiger partial charge on any atom is -0.487 e. The Labute approximate surface area is 220 Å². The van der Waals surface area contributed by atoms with E-state index < -0.39 is 0 Å². The Kier molecular flexibility index (Phi) is 7.81. The van der Waals surface area contributed by atoms with Crippen molar-refractivity contribution in [3.8, 4) is 11.4 Å². The lowest BCUT2D eigenvalue weighted by Gasteiger charge is -2.12. The van der Waals surface area contributed by atoms with Gasteiger partial charge < -0.3 is 9.30 Å². The van der Waals surface area contributed by atoms with Crippen LogP contribution in [0.3, 0.4) is 0 Å². The highest BCUT2D eigenvalue weighted by molar-refractivity contribution is 14.1. The van der Waals surface area contributed by atoms with Gasteiger partial charge in [0.2, 0.25) is 0 Å². The Morgan fingerprint density at radius 1 is 1.00 bits per heavy atom. The Morgan fingerprint density at radius 2 is 1.73 bits per heavy atom. The molecule has 1 amide bonds. The molecule has 0 saturated carbocycles. The Morgan fingerprint density at radius 3 is 2.45 bits per heavy atom. The van der Waals surface area contributed by atoms with E-state index in [1.54, 1.807) is 12.3 Å². The highest BCUT2D eigenvalue weighted by Crippen LogP contribution is 2.29. The Balaban J connectivity index is 1.43. The van der Waals surface area contributed by atoms with Crippen LogP contribution < -0.4 is 10.2 Å². The number of carbonyl (C=O) groups excluding carboxylic acids is 1. The molecule has 0 fully saturated rings. The number of nitrogens with one attached hydrogen (secondary N) is 1. The molecule has 0 radical (unpaired) electrons. The zero-order chi connectivity index (χ0) is 23.2. The summed E-state index contributed by atoms with van der Waals surface area (Å²) in [7, 11) is 0. The van der Waals surface area contributed by atoms with E-state index in [1.165, 1.54) is 5.56 Å². The molecular weight excluding hydrogens is 640 g/mol. The zero-order valence-electron chi connectivity index (χ0n) is 17.8. The van der Waals surface area contributed by atoms with Crippen LogP contribution in [-0.2, 0) is 6.61 Å². The van der Waals surface area contributed by atoms with Crippen LogP contribution in [-0.4, -0.2) is 16.7 Å². The first kappa shape index (κ1) is 23.5. The molecule has 1 heterocycles. The Hall–Kier alpha value is -2.66. The molecule has 3 aromatic carbocycles. The summed E-state index contributed by atoms with van der Waals surface area (Å²) in [6, 6.07) is 23.5. The first-order chi connectivity index (χ1) is 16.0. The highest BCUT2D eigenvalue weighted by Gasteiger charge is 2.12. The number of aryl methyl sites for hydroxylation is 1. The van der Waals surface area contributed by atoms with Crippen LogP contribution in [0.15, 0.2) is 90.3 Å². The molecule has 0 aliphatic heterocycles. The average Bonchev–Trinajstić information content (AvgIpc) is 3.33. The van der Waals surface area contributed by atoms with Crippen LogP contribution in [0.2, 0.25) is 0 Å². The number of benzene rings is 3. The molecule has 1 aromatic heterocycles. The fourth-order valence-electron chi connectivity index (χ4n) is 3.36. The number of para-hydroxylation sites is 1. The lowest BCUT2D eigenvalue weighted by atomic mass is 10.1. The third kappa shape index (κ3) is 6.02. The van der Waals surface area contributed by atoms with Gasteiger partial charge in [-0.15, -0.1) is 0 Å². The number of aromatic nitrogens is 1. The summed E-state index contributed by atoms with van der Waals surface area (Å²) in [4.78, 5) is 12.7. The summed E-state index contributed by atoms with van der Waals surface area (Å²) in [5, 5.41) is 4.17. The predicted molar refractivity (Wildman–Crippen MR) is 148 cm³/mol. The van der Waals surface area contributed by atoms with Gasteiger partial charge in [0.15, 0.2) is 0 Å². The SMILES string of the molecule is Cc1cccc(COc2c(I)cc(/C=N\NC(=O)c3ccccc3-n3cccc3)cc2I)c1. The fourth-order valence-corrected chi connectivity index (χ4v) is 5.49. The van der Waals surface area contributed by atoms with Gasteiger partial charge in [0.25, 0.3) is 5.91 Å². The maximum Gasteiger partial charge on any atom is 0.273 e. The first-order valence-corrected chi connectivity index (χ1v) is 12.4. The van der Waals surface area contributed by atoms with Gasteiger partial charge in [0, 0.05) is 12.4 Å². The predicted octanol–water partition coefficient (Wildman–Crippen LogP) is 6.34. The van der Waals surface area contributed by atoms with Gasteiger partial charge in [-0.2, -0.15) is 5.10 Å². The second-order valence-corrected chi connectivity index (χ2v) is 9.72. The molecule has 0 unspecified atom stereocenters. The molecule has 4 aromatic rings. The quantitative estimate of drug-likeness (QED) is 0.143. The van der Waals surface area contributed by atoms with Crippen molar-refractivity contribution in [2.45, 2.75) is 13.5 Å². The van der Waals surface area contributed by atoms with Crippen molar-refractivity contribution in [3.05, 3.63) is 115 Å². The molecule has 5 nitrogen and oxygen atoms in total.